The zero-order chi connectivity index (χ0) is 21.8. The molecule has 2 heterocycles. The van der Waals surface area contributed by atoms with Gasteiger partial charge in [-0.3, -0.25) is 9.59 Å². The monoisotopic (exact) mass is 484 g/mol. The molecule has 8 heteroatoms. The number of piperazine rings is 1. The Morgan fingerprint density at radius 1 is 0.935 bits per heavy atom. The summed E-state index contributed by atoms with van der Waals surface area (Å²) in [4.78, 5) is 28.7. The number of halogens is 1. The fourth-order valence-electron chi connectivity index (χ4n) is 3.37. The van der Waals surface area contributed by atoms with Crippen molar-refractivity contribution in [2.75, 3.05) is 26.2 Å². The van der Waals surface area contributed by atoms with Crippen LogP contribution in [0.25, 0.3) is 0 Å². The number of para-hydroxylation sites is 1. The molecule has 1 N–H and O–H groups in total. The molecule has 2 amide bonds. The van der Waals surface area contributed by atoms with Crippen molar-refractivity contribution >= 4 is 27.7 Å². The Bertz CT molecular complexity index is 1090. The van der Waals surface area contributed by atoms with Gasteiger partial charge in [-0.05, 0) is 42.5 Å². The fourth-order valence-corrected chi connectivity index (χ4v) is 3.75. The number of furan rings is 1. The summed E-state index contributed by atoms with van der Waals surface area (Å²) in [5.74, 6) is 0.992. The number of carbonyl (C=O) groups is 2. The molecule has 0 spiro atoms. The van der Waals surface area contributed by atoms with Gasteiger partial charge in [0.15, 0.2) is 5.76 Å². The molecule has 1 aliphatic rings. The number of carbonyl (C=O) groups excluding carboxylic acids is 2. The molecule has 2 aromatic carbocycles. The lowest BCUT2D eigenvalue weighted by molar-refractivity contribution is 0.0514. The number of benzene rings is 2. The Hall–Kier alpha value is -3.26. The molecular formula is C23H21BrN2O5. The normalized spacial score (nSPS) is 13.8. The highest BCUT2D eigenvalue weighted by atomic mass is 79.9. The van der Waals surface area contributed by atoms with Crippen LogP contribution in [0.4, 0.5) is 0 Å². The van der Waals surface area contributed by atoms with E-state index in [1.165, 1.54) is 6.07 Å². The minimum Gasteiger partial charge on any atom is -0.507 e. The number of amides is 2. The van der Waals surface area contributed by atoms with Crippen LogP contribution < -0.4 is 4.74 Å². The minimum absolute atomic E-state index is 0.0424. The summed E-state index contributed by atoms with van der Waals surface area (Å²) < 4.78 is 12.3. The van der Waals surface area contributed by atoms with E-state index in [-0.39, 0.29) is 35.5 Å². The number of aromatic hydroxyl groups is 1. The van der Waals surface area contributed by atoms with Crippen molar-refractivity contribution in [2.45, 2.75) is 6.61 Å². The molecular weight excluding hydrogens is 464 g/mol. The van der Waals surface area contributed by atoms with Crippen LogP contribution >= 0.6 is 15.9 Å². The summed E-state index contributed by atoms with van der Waals surface area (Å²) in [5, 5.41) is 9.90. The maximum atomic E-state index is 12.8. The van der Waals surface area contributed by atoms with Gasteiger partial charge in [0.05, 0.1) is 5.56 Å². The van der Waals surface area contributed by atoms with Gasteiger partial charge in [-0.1, -0.05) is 34.1 Å². The molecule has 1 aromatic heterocycles. The molecule has 0 saturated carbocycles. The van der Waals surface area contributed by atoms with Gasteiger partial charge in [-0.2, -0.15) is 0 Å². The second kappa shape index (κ2) is 9.26. The molecule has 0 bridgehead atoms. The Morgan fingerprint density at radius 3 is 2.35 bits per heavy atom. The topological polar surface area (TPSA) is 83.2 Å². The zero-order valence-corrected chi connectivity index (χ0v) is 18.2. The van der Waals surface area contributed by atoms with Crippen LogP contribution in [0.5, 0.6) is 11.5 Å². The highest BCUT2D eigenvalue weighted by molar-refractivity contribution is 9.10. The first-order valence-electron chi connectivity index (χ1n) is 9.85. The molecule has 0 aliphatic carbocycles. The molecule has 0 radical (unpaired) electrons. The minimum atomic E-state index is -0.241. The molecule has 7 nitrogen and oxygen atoms in total. The van der Waals surface area contributed by atoms with Crippen molar-refractivity contribution in [3.8, 4) is 11.5 Å². The van der Waals surface area contributed by atoms with Gasteiger partial charge in [0.1, 0.15) is 23.9 Å². The van der Waals surface area contributed by atoms with Crippen LogP contribution in [-0.2, 0) is 6.61 Å². The summed E-state index contributed by atoms with van der Waals surface area (Å²) in [6, 6.07) is 17.3. The molecule has 1 saturated heterocycles. The fraction of sp³-hybridized carbons (Fsp3) is 0.217. The van der Waals surface area contributed by atoms with Gasteiger partial charge in [0, 0.05) is 30.7 Å². The molecule has 3 aromatic rings. The van der Waals surface area contributed by atoms with E-state index in [0.717, 1.165) is 4.47 Å². The third-order valence-corrected chi connectivity index (χ3v) is 5.53. The number of hydrogen-bond acceptors (Lipinski definition) is 5. The summed E-state index contributed by atoms with van der Waals surface area (Å²) >= 11 is 3.39. The largest absolute Gasteiger partial charge is 0.507 e. The van der Waals surface area contributed by atoms with Crippen molar-refractivity contribution < 1.29 is 23.8 Å². The lowest BCUT2D eigenvalue weighted by Crippen LogP contribution is -2.50. The molecule has 1 aliphatic heterocycles. The Kier molecular flexibility index (Phi) is 6.27. The third kappa shape index (κ3) is 4.91. The number of nitrogens with zero attached hydrogens (tertiary/aromatic N) is 2. The van der Waals surface area contributed by atoms with Gasteiger partial charge in [-0.15, -0.1) is 0 Å². The SMILES string of the molecule is O=C(c1ccc(COc2cccc(Br)c2)o1)N1CCN(C(=O)c2ccccc2O)CC1. The summed E-state index contributed by atoms with van der Waals surface area (Å²) in [7, 11) is 0. The summed E-state index contributed by atoms with van der Waals surface area (Å²) in [5.41, 5.74) is 0.267. The van der Waals surface area contributed by atoms with Crippen molar-refractivity contribution in [3.63, 3.8) is 0 Å². The number of phenols is 1. The lowest BCUT2D eigenvalue weighted by atomic mass is 10.1. The van der Waals surface area contributed by atoms with E-state index in [0.29, 0.717) is 37.7 Å². The van der Waals surface area contributed by atoms with E-state index in [4.69, 9.17) is 9.15 Å². The third-order valence-electron chi connectivity index (χ3n) is 5.04. The maximum Gasteiger partial charge on any atom is 0.289 e. The first kappa shape index (κ1) is 21.0. The average Bonchev–Trinajstić information content (AvgIpc) is 3.26. The number of phenolic OH excluding ortho intramolecular Hbond substituents is 1. The highest BCUT2D eigenvalue weighted by Gasteiger charge is 2.27. The first-order valence-corrected chi connectivity index (χ1v) is 10.6. The van der Waals surface area contributed by atoms with Crippen LogP contribution in [0.2, 0.25) is 0 Å². The summed E-state index contributed by atoms with van der Waals surface area (Å²) in [6.07, 6.45) is 0. The Labute approximate surface area is 188 Å². The Morgan fingerprint density at radius 2 is 1.65 bits per heavy atom. The number of hydrogen-bond donors (Lipinski definition) is 1. The van der Waals surface area contributed by atoms with Crippen molar-refractivity contribution in [2.24, 2.45) is 0 Å². The number of ether oxygens (including phenoxy) is 1. The molecule has 31 heavy (non-hydrogen) atoms. The predicted octanol–water partition coefficient (Wildman–Crippen LogP) is 3.92. The molecule has 4 rings (SSSR count). The van der Waals surface area contributed by atoms with E-state index in [1.807, 2.05) is 24.3 Å². The van der Waals surface area contributed by atoms with E-state index < -0.39 is 0 Å². The van der Waals surface area contributed by atoms with Crippen LogP contribution in [0, 0.1) is 0 Å². The Balaban J connectivity index is 1.32. The quantitative estimate of drug-likeness (QED) is 0.593. The van der Waals surface area contributed by atoms with Crippen LogP contribution in [-0.4, -0.2) is 52.9 Å². The van der Waals surface area contributed by atoms with E-state index in [9.17, 15) is 14.7 Å². The van der Waals surface area contributed by atoms with Crippen molar-refractivity contribution in [3.05, 3.63) is 82.2 Å². The van der Waals surface area contributed by atoms with Gasteiger partial charge < -0.3 is 24.1 Å². The van der Waals surface area contributed by atoms with Gasteiger partial charge >= 0.3 is 0 Å². The van der Waals surface area contributed by atoms with E-state index in [1.54, 1.807) is 40.1 Å². The molecule has 0 unspecified atom stereocenters. The maximum absolute atomic E-state index is 12.8. The van der Waals surface area contributed by atoms with Gasteiger partial charge in [-0.25, -0.2) is 0 Å². The zero-order valence-electron chi connectivity index (χ0n) is 16.7. The second-order valence-electron chi connectivity index (χ2n) is 7.11. The van der Waals surface area contributed by atoms with Crippen molar-refractivity contribution in [1.82, 2.24) is 9.80 Å². The highest BCUT2D eigenvalue weighted by Crippen LogP contribution is 2.21. The summed E-state index contributed by atoms with van der Waals surface area (Å²) in [6.45, 7) is 1.77. The van der Waals surface area contributed by atoms with Gasteiger partial charge in [0.2, 0.25) is 0 Å². The van der Waals surface area contributed by atoms with Crippen LogP contribution in [0.15, 0.2) is 69.6 Å². The van der Waals surface area contributed by atoms with Crippen molar-refractivity contribution in [1.29, 1.82) is 0 Å². The standard InChI is InChI=1S/C23H21BrN2O5/c24-16-4-3-5-17(14-16)30-15-18-8-9-21(31-18)23(29)26-12-10-25(11-13-26)22(28)19-6-1-2-7-20(19)27/h1-9,14,27H,10-13,15H2. The molecule has 160 valence electrons. The average molecular weight is 485 g/mol. The molecule has 0 atom stereocenters. The second-order valence-corrected chi connectivity index (χ2v) is 8.03. The first-order chi connectivity index (χ1) is 15.0. The predicted molar refractivity (Wildman–Crippen MR) is 117 cm³/mol. The number of rotatable bonds is 5. The van der Waals surface area contributed by atoms with E-state index in [2.05, 4.69) is 15.9 Å². The van der Waals surface area contributed by atoms with E-state index >= 15 is 0 Å². The van der Waals surface area contributed by atoms with Gasteiger partial charge in [0.25, 0.3) is 11.8 Å². The van der Waals surface area contributed by atoms with Crippen LogP contribution in [0.3, 0.4) is 0 Å². The van der Waals surface area contributed by atoms with Crippen LogP contribution in [0.1, 0.15) is 26.7 Å². The smallest absolute Gasteiger partial charge is 0.289 e. The molecule has 1 fully saturated rings. The lowest BCUT2D eigenvalue weighted by Gasteiger charge is -2.34.